The standard InChI is InChI=1S/C14H17NO2/c1-11(13-6-4-3-5-7-13)15-9-8-14(10-15)17-12(2)16/h3-8,11H,9-10H2,1-2H3/t11-/m1/s1. The van der Waals surface area contributed by atoms with E-state index in [1.807, 2.05) is 24.3 Å². The average Bonchev–Trinajstić information content (AvgIpc) is 2.77. The maximum absolute atomic E-state index is 10.9. The molecule has 2 rings (SSSR count). The average molecular weight is 231 g/mol. The van der Waals surface area contributed by atoms with E-state index in [9.17, 15) is 4.79 Å². The number of esters is 1. The van der Waals surface area contributed by atoms with E-state index in [1.165, 1.54) is 12.5 Å². The molecule has 0 unspecified atom stereocenters. The summed E-state index contributed by atoms with van der Waals surface area (Å²) < 4.78 is 5.11. The molecule has 1 aromatic carbocycles. The van der Waals surface area contributed by atoms with E-state index in [0.29, 0.717) is 12.6 Å². The fourth-order valence-electron chi connectivity index (χ4n) is 2.04. The predicted octanol–water partition coefficient (Wildman–Crippen LogP) is 2.51. The van der Waals surface area contributed by atoms with Crippen molar-refractivity contribution < 1.29 is 9.53 Å². The van der Waals surface area contributed by atoms with Crippen LogP contribution in [0.5, 0.6) is 0 Å². The molecule has 0 aliphatic carbocycles. The molecule has 3 heteroatoms. The van der Waals surface area contributed by atoms with Gasteiger partial charge >= 0.3 is 5.97 Å². The molecule has 3 nitrogen and oxygen atoms in total. The highest BCUT2D eigenvalue weighted by atomic mass is 16.5. The topological polar surface area (TPSA) is 29.5 Å². The minimum atomic E-state index is -0.245. The number of benzene rings is 1. The van der Waals surface area contributed by atoms with Gasteiger partial charge in [0.25, 0.3) is 0 Å². The Labute approximate surface area is 102 Å². The van der Waals surface area contributed by atoms with Crippen LogP contribution >= 0.6 is 0 Å². The summed E-state index contributed by atoms with van der Waals surface area (Å²) in [5, 5.41) is 0. The van der Waals surface area contributed by atoms with Crippen LogP contribution in [0.3, 0.4) is 0 Å². The molecule has 0 spiro atoms. The van der Waals surface area contributed by atoms with Crippen LogP contribution < -0.4 is 0 Å². The number of carbonyl (C=O) groups is 1. The molecule has 17 heavy (non-hydrogen) atoms. The molecule has 0 bridgehead atoms. The molecule has 0 amide bonds. The second kappa shape index (κ2) is 5.15. The van der Waals surface area contributed by atoms with Gasteiger partial charge in [-0.2, -0.15) is 0 Å². The van der Waals surface area contributed by atoms with E-state index in [4.69, 9.17) is 4.74 Å². The number of hydrogen-bond acceptors (Lipinski definition) is 3. The molecule has 90 valence electrons. The Hall–Kier alpha value is -1.61. The van der Waals surface area contributed by atoms with Crippen LogP contribution in [0.2, 0.25) is 0 Å². The Kier molecular flexibility index (Phi) is 3.59. The number of hydrogen-bond donors (Lipinski definition) is 0. The summed E-state index contributed by atoms with van der Waals surface area (Å²) in [5.74, 6) is 0.519. The molecule has 0 saturated heterocycles. The third-order valence-corrected chi connectivity index (χ3v) is 3.02. The van der Waals surface area contributed by atoms with E-state index in [0.717, 1.165) is 12.3 Å². The lowest BCUT2D eigenvalue weighted by molar-refractivity contribution is -0.137. The van der Waals surface area contributed by atoms with Gasteiger partial charge in [-0.15, -0.1) is 0 Å². The second-order valence-corrected chi connectivity index (χ2v) is 4.28. The van der Waals surface area contributed by atoms with E-state index < -0.39 is 0 Å². The van der Waals surface area contributed by atoms with Gasteiger partial charge < -0.3 is 4.74 Å². The van der Waals surface area contributed by atoms with Gasteiger partial charge in [0, 0.05) is 19.5 Å². The highest BCUT2D eigenvalue weighted by Crippen LogP contribution is 2.24. The Balaban J connectivity index is 1.96. The first-order valence-corrected chi connectivity index (χ1v) is 5.83. The van der Waals surface area contributed by atoms with Gasteiger partial charge in [-0.05, 0) is 18.6 Å². The van der Waals surface area contributed by atoms with Gasteiger partial charge in [0.1, 0.15) is 5.76 Å². The molecule has 1 aromatic rings. The first-order chi connectivity index (χ1) is 8.16. The second-order valence-electron chi connectivity index (χ2n) is 4.28. The van der Waals surface area contributed by atoms with Crippen LogP contribution in [0.15, 0.2) is 42.2 Å². The van der Waals surface area contributed by atoms with Crippen molar-refractivity contribution in [2.24, 2.45) is 0 Å². The smallest absolute Gasteiger partial charge is 0.307 e. The maximum atomic E-state index is 10.9. The van der Waals surface area contributed by atoms with Crippen molar-refractivity contribution in [2.75, 3.05) is 13.1 Å². The van der Waals surface area contributed by atoms with Gasteiger partial charge in [-0.1, -0.05) is 30.3 Å². The largest absolute Gasteiger partial charge is 0.430 e. The first kappa shape index (κ1) is 11.9. The third-order valence-electron chi connectivity index (χ3n) is 3.02. The minimum Gasteiger partial charge on any atom is -0.430 e. The van der Waals surface area contributed by atoms with Crippen molar-refractivity contribution in [1.82, 2.24) is 4.90 Å². The van der Waals surface area contributed by atoms with Crippen molar-refractivity contribution in [2.45, 2.75) is 19.9 Å². The van der Waals surface area contributed by atoms with Crippen molar-refractivity contribution in [3.8, 4) is 0 Å². The minimum absolute atomic E-state index is 0.245. The van der Waals surface area contributed by atoms with Crippen LogP contribution in [-0.4, -0.2) is 24.0 Å². The summed E-state index contributed by atoms with van der Waals surface area (Å²) >= 11 is 0. The van der Waals surface area contributed by atoms with Gasteiger partial charge in [-0.25, -0.2) is 0 Å². The summed E-state index contributed by atoms with van der Waals surface area (Å²) in [4.78, 5) is 13.1. The lowest BCUT2D eigenvalue weighted by atomic mass is 10.1. The zero-order valence-electron chi connectivity index (χ0n) is 10.2. The quantitative estimate of drug-likeness (QED) is 0.749. The first-order valence-electron chi connectivity index (χ1n) is 5.83. The van der Waals surface area contributed by atoms with Crippen molar-refractivity contribution in [1.29, 1.82) is 0 Å². The Morgan fingerprint density at radius 2 is 2.06 bits per heavy atom. The highest BCUT2D eigenvalue weighted by Gasteiger charge is 2.22. The molecule has 0 radical (unpaired) electrons. The van der Waals surface area contributed by atoms with Gasteiger partial charge in [0.05, 0.1) is 6.54 Å². The van der Waals surface area contributed by atoms with Crippen molar-refractivity contribution in [3.05, 3.63) is 47.7 Å². The molecular formula is C14H17NO2. The van der Waals surface area contributed by atoms with E-state index in [2.05, 4.69) is 24.0 Å². The van der Waals surface area contributed by atoms with Crippen LogP contribution in [-0.2, 0) is 9.53 Å². The van der Waals surface area contributed by atoms with Gasteiger partial charge in [0.15, 0.2) is 0 Å². The molecule has 0 aromatic heterocycles. The monoisotopic (exact) mass is 231 g/mol. The summed E-state index contributed by atoms with van der Waals surface area (Å²) in [7, 11) is 0. The van der Waals surface area contributed by atoms with Crippen LogP contribution in [0.4, 0.5) is 0 Å². The zero-order chi connectivity index (χ0) is 12.3. The molecule has 1 atom stereocenters. The number of ether oxygens (including phenoxy) is 1. The van der Waals surface area contributed by atoms with Crippen molar-refractivity contribution in [3.63, 3.8) is 0 Å². The third kappa shape index (κ3) is 2.94. The van der Waals surface area contributed by atoms with E-state index >= 15 is 0 Å². The molecule has 0 fully saturated rings. The molecule has 1 aliphatic rings. The Bertz CT molecular complexity index is 425. The predicted molar refractivity (Wildman–Crippen MR) is 66.3 cm³/mol. The van der Waals surface area contributed by atoms with Crippen LogP contribution in [0, 0.1) is 0 Å². The number of rotatable bonds is 3. The summed E-state index contributed by atoms with van der Waals surface area (Å²) in [6, 6.07) is 10.7. The van der Waals surface area contributed by atoms with Crippen LogP contribution in [0.25, 0.3) is 0 Å². The number of nitrogens with zero attached hydrogens (tertiary/aromatic N) is 1. The maximum Gasteiger partial charge on any atom is 0.307 e. The Morgan fingerprint density at radius 1 is 1.35 bits per heavy atom. The fourth-order valence-corrected chi connectivity index (χ4v) is 2.04. The fraction of sp³-hybridized carbons (Fsp3) is 0.357. The number of carbonyl (C=O) groups excluding carboxylic acids is 1. The van der Waals surface area contributed by atoms with E-state index in [1.54, 1.807) is 0 Å². The molecule has 0 N–H and O–H groups in total. The normalized spacial score (nSPS) is 17.6. The van der Waals surface area contributed by atoms with Crippen molar-refractivity contribution >= 4 is 5.97 Å². The SMILES string of the molecule is CC(=O)OC1=CCN([C@H](C)c2ccccc2)C1. The lowest BCUT2D eigenvalue weighted by Gasteiger charge is -2.24. The summed E-state index contributed by atoms with van der Waals surface area (Å²) in [6.45, 7) is 5.14. The Morgan fingerprint density at radius 3 is 2.71 bits per heavy atom. The van der Waals surface area contributed by atoms with Crippen LogP contribution in [0.1, 0.15) is 25.5 Å². The molecule has 0 saturated carbocycles. The molecule has 1 aliphatic heterocycles. The summed E-state index contributed by atoms with van der Waals surface area (Å²) in [6.07, 6.45) is 1.97. The van der Waals surface area contributed by atoms with Gasteiger partial charge in [-0.3, -0.25) is 9.69 Å². The summed E-state index contributed by atoms with van der Waals surface area (Å²) in [5.41, 5.74) is 1.28. The molecular weight excluding hydrogens is 214 g/mol. The van der Waals surface area contributed by atoms with E-state index in [-0.39, 0.29) is 5.97 Å². The molecule has 1 heterocycles. The zero-order valence-corrected chi connectivity index (χ0v) is 10.2. The van der Waals surface area contributed by atoms with Gasteiger partial charge in [0.2, 0.25) is 0 Å². The highest BCUT2D eigenvalue weighted by molar-refractivity contribution is 5.67. The lowest BCUT2D eigenvalue weighted by Crippen LogP contribution is -2.25.